The van der Waals surface area contributed by atoms with Gasteiger partial charge in [0, 0.05) is 12.2 Å². The van der Waals surface area contributed by atoms with E-state index in [1.54, 1.807) is 23.1 Å². The first-order chi connectivity index (χ1) is 11.5. The molecule has 3 rings (SSSR count). The molecule has 0 aromatic heterocycles. The molecule has 124 valence electrons. The average Bonchev–Trinajstić information content (AvgIpc) is 2.59. The van der Waals surface area contributed by atoms with Crippen LogP contribution in [0.1, 0.15) is 22.3 Å². The van der Waals surface area contributed by atoms with E-state index in [4.69, 9.17) is 9.84 Å². The van der Waals surface area contributed by atoms with Gasteiger partial charge < -0.3 is 14.7 Å². The Kier molecular flexibility index (Phi) is 4.46. The van der Waals surface area contributed by atoms with Crippen LogP contribution in [0.25, 0.3) is 0 Å². The van der Waals surface area contributed by atoms with Gasteiger partial charge in [0.25, 0.3) is 5.91 Å². The number of rotatable bonds is 4. The largest absolute Gasteiger partial charge is 0.484 e. The number of ether oxygens (including phenoxy) is 1. The van der Waals surface area contributed by atoms with Crippen molar-refractivity contribution >= 4 is 17.6 Å². The van der Waals surface area contributed by atoms with E-state index < -0.39 is 5.97 Å². The lowest BCUT2D eigenvalue weighted by Crippen LogP contribution is -2.38. The van der Waals surface area contributed by atoms with Crippen molar-refractivity contribution in [2.45, 2.75) is 12.8 Å². The van der Waals surface area contributed by atoms with Crippen LogP contribution in [0.15, 0.2) is 42.5 Å². The van der Waals surface area contributed by atoms with Crippen molar-refractivity contribution in [3.05, 3.63) is 59.4 Å². The predicted octanol–water partition coefficient (Wildman–Crippen LogP) is 2.88. The SMILES string of the molecule is O=C(O)c1cccc(OCC(=O)N2CCCc3cc(F)ccc32)c1. The van der Waals surface area contributed by atoms with Gasteiger partial charge in [0.05, 0.1) is 5.56 Å². The Labute approximate surface area is 138 Å². The first kappa shape index (κ1) is 16.0. The van der Waals surface area contributed by atoms with Crippen LogP contribution in [0.4, 0.5) is 10.1 Å². The van der Waals surface area contributed by atoms with E-state index in [0.717, 1.165) is 18.4 Å². The summed E-state index contributed by atoms with van der Waals surface area (Å²) in [5.41, 5.74) is 1.61. The van der Waals surface area contributed by atoms with Crippen LogP contribution in [0.5, 0.6) is 5.75 Å². The second-order valence-electron chi connectivity index (χ2n) is 5.54. The number of hydrogen-bond acceptors (Lipinski definition) is 3. The maximum atomic E-state index is 13.3. The molecule has 0 saturated heterocycles. The smallest absolute Gasteiger partial charge is 0.335 e. The third kappa shape index (κ3) is 3.37. The number of nitrogens with zero attached hydrogens (tertiary/aromatic N) is 1. The molecule has 1 aliphatic rings. The van der Waals surface area contributed by atoms with Crippen molar-refractivity contribution in [3.8, 4) is 5.75 Å². The summed E-state index contributed by atoms with van der Waals surface area (Å²) in [5.74, 6) is -1.30. The minimum atomic E-state index is -1.06. The lowest BCUT2D eigenvalue weighted by atomic mass is 10.0. The van der Waals surface area contributed by atoms with E-state index in [1.807, 2.05) is 0 Å². The Morgan fingerprint density at radius 2 is 2.04 bits per heavy atom. The van der Waals surface area contributed by atoms with Crippen LogP contribution in [-0.4, -0.2) is 30.1 Å². The van der Waals surface area contributed by atoms with Crippen molar-refractivity contribution in [2.24, 2.45) is 0 Å². The number of carboxylic acid groups (broad SMARTS) is 1. The number of amides is 1. The summed E-state index contributed by atoms with van der Waals surface area (Å²) < 4.78 is 18.7. The number of carbonyl (C=O) groups excluding carboxylic acids is 1. The minimum absolute atomic E-state index is 0.0961. The first-order valence-corrected chi connectivity index (χ1v) is 7.59. The molecule has 0 fully saturated rings. The highest BCUT2D eigenvalue weighted by Gasteiger charge is 2.23. The number of aryl methyl sites for hydroxylation is 1. The summed E-state index contributed by atoms with van der Waals surface area (Å²) >= 11 is 0. The number of hydrogen-bond donors (Lipinski definition) is 1. The van der Waals surface area contributed by atoms with Crippen molar-refractivity contribution in [1.29, 1.82) is 0 Å². The Morgan fingerprint density at radius 3 is 2.83 bits per heavy atom. The predicted molar refractivity (Wildman–Crippen MR) is 86.0 cm³/mol. The van der Waals surface area contributed by atoms with Gasteiger partial charge in [-0.15, -0.1) is 0 Å². The highest BCUT2D eigenvalue weighted by molar-refractivity contribution is 5.95. The molecular formula is C18H16FNO4. The Bertz CT molecular complexity index is 790. The molecule has 0 radical (unpaired) electrons. The van der Waals surface area contributed by atoms with Crippen molar-refractivity contribution in [1.82, 2.24) is 0 Å². The maximum Gasteiger partial charge on any atom is 0.335 e. The fourth-order valence-corrected chi connectivity index (χ4v) is 2.77. The van der Waals surface area contributed by atoms with Gasteiger partial charge in [0.15, 0.2) is 6.61 Å². The maximum absolute atomic E-state index is 13.3. The summed E-state index contributed by atoms with van der Waals surface area (Å²) in [6.07, 6.45) is 1.50. The van der Waals surface area contributed by atoms with Crippen molar-refractivity contribution in [2.75, 3.05) is 18.1 Å². The molecule has 1 aliphatic heterocycles. The molecule has 2 aromatic carbocycles. The van der Waals surface area contributed by atoms with Gasteiger partial charge in [0.2, 0.25) is 0 Å². The highest BCUT2D eigenvalue weighted by Crippen LogP contribution is 2.28. The third-order valence-electron chi connectivity index (χ3n) is 3.90. The molecule has 2 aromatic rings. The van der Waals surface area contributed by atoms with Crippen molar-refractivity contribution in [3.63, 3.8) is 0 Å². The van der Waals surface area contributed by atoms with Crippen LogP contribution in [0.2, 0.25) is 0 Å². The summed E-state index contributed by atoms with van der Waals surface area (Å²) in [4.78, 5) is 25.0. The number of halogens is 1. The van der Waals surface area contributed by atoms with E-state index in [2.05, 4.69) is 0 Å². The van der Waals surface area contributed by atoms with Crippen LogP contribution >= 0.6 is 0 Å². The summed E-state index contributed by atoms with van der Waals surface area (Å²) in [5, 5.41) is 8.96. The van der Waals surface area contributed by atoms with E-state index in [-0.39, 0.29) is 23.9 Å². The third-order valence-corrected chi connectivity index (χ3v) is 3.90. The quantitative estimate of drug-likeness (QED) is 0.936. The van der Waals surface area contributed by atoms with Gasteiger partial charge in [-0.1, -0.05) is 6.07 Å². The fourth-order valence-electron chi connectivity index (χ4n) is 2.77. The van der Waals surface area contributed by atoms with Crippen LogP contribution in [-0.2, 0) is 11.2 Å². The van der Waals surface area contributed by atoms with Gasteiger partial charge in [-0.2, -0.15) is 0 Å². The van der Waals surface area contributed by atoms with Crippen molar-refractivity contribution < 1.29 is 23.8 Å². The Morgan fingerprint density at radius 1 is 1.21 bits per heavy atom. The van der Waals surface area contributed by atoms with Gasteiger partial charge in [-0.05, 0) is 54.8 Å². The standard InChI is InChI=1S/C18H16FNO4/c19-14-6-7-16-12(9-14)4-2-8-20(16)17(21)11-24-15-5-1-3-13(10-15)18(22)23/h1,3,5-7,9-10H,2,4,8,11H2,(H,22,23). The van der Waals surface area contributed by atoms with Gasteiger partial charge in [-0.3, -0.25) is 4.79 Å². The summed E-state index contributed by atoms with van der Waals surface area (Å²) in [6.45, 7) is 0.343. The average molecular weight is 329 g/mol. The number of anilines is 1. The molecule has 5 nitrogen and oxygen atoms in total. The van der Waals surface area contributed by atoms with Crippen LogP contribution in [0.3, 0.4) is 0 Å². The monoisotopic (exact) mass is 329 g/mol. The number of carboxylic acids is 1. The molecule has 0 saturated carbocycles. The van der Waals surface area contributed by atoms with E-state index in [0.29, 0.717) is 18.0 Å². The Hall–Kier alpha value is -2.89. The second-order valence-corrected chi connectivity index (χ2v) is 5.54. The summed E-state index contributed by atoms with van der Waals surface area (Å²) in [7, 11) is 0. The molecule has 0 spiro atoms. The molecule has 1 N–H and O–H groups in total. The van der Waals surface area contributed by atoms with Crippen LogP contribution in [0, 0.1) is 5.82 Å². The van der Waals surface area contributed by atoms with E-state index >= 15 is 0 Å². The number of aromatic carboxylic acids is 1. The molecule has 1 heterocycles. The molecule has 0 aliphatic carbocycles. The zero-order valence-corrected chi connectivity index (χ0v) is 12.9. The molecule has 0 bridgehead atoms. The van der Waals surface area contributed by atoms with E-state index in [9.17, 15) is 14.0 Å². The topological polar surface area (TPSA) is 66.8 Å². The van der Waals surface area contributed by atoms with Gasteiger partial charge in [0.1, 0.15) is 11.6 Å². The number of fused-ring (bicyclic) bond motifs is 1. The van der Waals surface area contributed by atoms with Crippen LogP contribution < -0.4 is 9.64 Å². The van der Waals surface area contributed by atoms with E-state index in [1.165, 1.54) is 24.3 Å². The molecule has 6 heteroatoms. The molecule has 0 atom stereocenters. The fraction of sp³-hybridized carbons (Fsp3) is 0.222. The van der Waals surface area contributed by atoms with Gasteiger partial charge >= 0.3 is 5.97 Å². The first-order valence-electron chi connectivity index (χ1n) is 7.59. The normalized spacial score (nSPS) is 13.3. The minimum Gasteiger partial charge on any atom is -0.484 e. The molecule has 0 unspecified atom stereocenters. The second kappa shape index (κ2) is 6.70. The lowest BCUT2D eigenvalue weighted by Gasteiger charge is -2.29. The zero-order valence-electron chi connectivity index (χ0n) is 12.9. The zero-order chi connectivity index (χ0) is 17.1. The molecule has 1 amide bonds. The summed E-state index contributed by atoms with van der Waals surface area (Å²) in [6, 6.07) is 10.4. The lowest BCUT2D eigenvalue weighted by molar-refractivity contribution is -0.120. The number of benzene rings is 2. The number of carbonyl (C=O) groups is 2. The molecular weight excluding hydrogens is 313 g/mol. The Balaban J connectivity index is 1.70. The molecule has 24 heavy (non-hydrogen) atoms. The van der Waals surface area contributed by atoms with Gasteiger partial charge in [-0.25, -0.2) is 9.18 Å². The highest BCUT2D eigenvalue weighted by atomic mass is 19.1.